The molecule has 0 aliphatic rings. The molecule has 2 rings (SSSR count). The van der Waals surface area contributed by atoms with Gasteiger partial charge in [0.1, 0.15) is 0 Å². The van der Waals surface area contributed by atoms with Gasteiger partial charge in [-0.2, -0.15) is 0 Å². The minimum atomic E-state index is -0.353. The Kier molecular flexibility index (Phi) is 7.03. The van der Waals surface area contributed by atoms with E-state index >= 15 is 0 Å². The molecule has 0 spiro atoms. The summed E-state index contributed by atoms with van der Waals surface area (Å²) in [5.74, 6) is 0.837. The van der Waals surface area contributed by atoms with E-state index in [4.69, 9.17) is 14.2 Å². The minimum Gasteiger partial charge on any atom is -0.493 e. The first-order chi connectivity index (χ1) is 12.1. The Morgan fingerprint density at radius 1 is 1.04 bits per heavy atom. The standard InChI is InChI=1S/C19H19BrO5/c1-22-12-25-18-16(23-2)11-10-14(17(18)20)7-4-13-5-8-15(9-6-13)19(21)24-3/h4-11H,12H2,1-3H3/b7-4+. The molecule has 0 aliphatic heterocycles. The summed E-state index contributed by atoms with van der Waals surface area (Å²) in [6.07, 6.45) is 3.88. The van der Waals surface area contributed by atoms with Crippen molar-refractivity contribution in [2.45, 2.75) is 0 Å². The van der Waals surface area contributed by atoms with Crippen LogP contribution in [0, 0.1) is 0 Å². The zero-order chi connectivity index (χ0) is 18.2. The van der Waals surface area contributed by atoms with Crippen molar-refractivity contribution in [3.63, 3.8) is 0 Å². The largest absolute Gasteiger partial charge is 0.493 e. The van der Waals surface area contributed by atoms with Crippen LogP contribution in [0.3, 0.4) is 0 Å². The molecule has 0 bridgehead atoms. The molecule has 2 aromatic rings. The Labute approximate surface area is 155 Å². The molecule has 0 N–H and O–H groups in total. The van der Waals surface area contributed by atoms with Gasteiger partial charge < -0.3 is 18.9 Å². The number of halogens is 1. The van der Waals surface area contributed by atoms with Crippen molar-refractivity contribution in [3.05, 3.63) is 57.6 Å². The first-order valence-corrected chi connectivity index (χ1v) is 8.24. The predicted octanol–water partition coefficient (Wildman–Crippen LogP) is 4.40. The summed E-state index contributed by atoms with van der Waals surface area (Å²) in [6, 6.07) is 10.9. The average Bonchev–Trinajstić information content (AvgIpc) is 2.65. The fourth-order valence-corrected chi connectivity index (χ4v) is 2.70. The SMILES string of the molecule is COCOc1c(OC)ccc(/C=C/c2ccc(C(=O)OC)cc2)c1Br. The summed E-state index contributed by atoms with van der Waals surface area (Å²) in [5, 5.41) is 0. The second-order valence-corrected chi connectivity index (χ2v) is 5.79. The van der Waals surface area contributed by atoms with Gasteiger partial charge in [0.25, 0.3) is 0 Å². The maximum absolute atomic E-state index is 11.5. The number of carbonyl (C=O) groups excluding carboxylic acids is 1. The second-order valence-electron chi connectivity index (χ2n) is 5.00. The van der Waals surface area contributed by atoms with E-state index in [2.05, 4.69) is 20.7 Å². The lowest BCUT2D eigenvalue weighted by Crippen LogP contribution is -2.02. The lowest BCUT2D eigenvalue weighted by atomic mass is 10.1. The van der Waals surface area contributed by atoms with E-state index in [-0.39, 0.29) is 12.8 Å². The topological polar surface area (TPSA) is 54.0 Å². The fraction of sp³-hybridized carbons (Fsp3) is 0.211. The Morgan fingerprint density at radius 3 is 2.36 bits per heavy atom. The highest BCUT2D eigenvalue weighted by Crippen LogP contribution is 2.38. The van der Waals surface area contributed by atoms with Gasteiger partial charge in [0.05, 0.1) is 24.3 Å². The second kappa shape index (κ2) is 9.25. The van der Waals surface area contributed by atoms with Crippen LogP contribution in [0.4, 0.5) is 0 Å². The van der Waals surface area contributed by atoms with E-state index in [1.807, 2.05) is 36.4 Å². The van der Waals surface area contributed by atoms with Gasteiger partial charge >= 0.3 is 5.97 Å². The molecule has 0 saturated heterocycles. The van der Waals surface area contributed by atoms with Crippen LogP contribution in [0.1, 0.15) is 21.5 Å². The molecular weight excluding hydrogens is 388 g/mol. The van der Waals surface area contributed by atoms with Crippen LogP contribution in [0.2, 0.25) is 0 Å². The Morgan fingerprint density at radius 2 is 1.76 bits per heavy atom. The maximum atomic E-state index is 11.5. The van der Waals surface area contributed by atoms with Gasteiger partial charge in [-0.05, 0) is 51.3 Å². The number of methoxy groups -OCH3 is 3. The predicted molar refractivity (Wildman–Crippen MR) is 99.9 cm³/mol. The molecule has 6 heteroatoms. The number of benzene rings is 2. The summed E-state index contributed by atoms with van der Waals surface area (Å²) < 4.78 is 21.3. The highest BCUT2D eigenvalue weighted by Gasteiger charge is 2.12. The molecule has 0 aromatic heterocycles. The maximum Gasteiger partial charge on any atom is 0.337 e. The number of hydrogen-bond donors (Lipinski definition) is 0. The molecule has 0 saturated carbocycles. The molecule has 5 nitrogen and oxygen atoms in total. The zero-order valence-electron chi connectivity index (χ0n) is 14.2. The zero-order valence-corrected chi connectivity index (χ0v) is 15.8. The molecule has 0 aliphatic carbocycles. The molecule has 0 radical (unpaired) electrons. The van der Waals surface area contributed by atoms with Gasteiger partial charge in [-0.25, -0.2) is 4.79 Å². The van der Waals surface area contributed by atoms with Gasteiger partial charge in [-0.3, -0.25) is 0 Å². The average molecular weight is 407 g/mol. The van der Waals surface area contributed by atoms with Crippen molar-refractivity contribution in [2.24, 2.45) is 0 Å². The molecule has 2 aromatic carbocycles. The van der Waals surface area contributed by atoms with Gasteiger partial charge in [-0.1, -0.05) is 24.3 Å². The lowest BCUT2D eigenvalue weighted by molar-refractivity contribution is 0.0486. The van der Waals surface area contributed by atoms with Crippen molar-refractivity contribution < 1.29 is 23.7 Å². The fourth-order valence-electron chi connectivity index (χ4n) is 2.13. The highest BCUT2D eigenvalue weighted by atomic mass is 79.9. The summed E-state index contributed by atoms with van der Waals surface area (Å²) in [4.78, 5) is 11.5. The van der Waals surface area contributed by atoms with E-state index in [0.717, 1.165) is 15.6 Å². The number of hydrogen-bond acceptors (Lipinski definition) is 5. The van der Waals surface area contributed by atoms with E-state index in [1.54, 1.807) is 26.4 Å². The van der Waals surface area contributed by atoms with Crippen molar-refractivity contribution in [1.82, 2.24) is 0 Å². The lowest BCUT2D eigenvalue weighted by Gasteiger charge is -2.13. The summed E-state index contributed by atoms with van der Waals surface area (Å²) in [7, 11) is 4.50. The molecule has 25 heavy (non-hydrogen) atoms. The Hall–Kier alpha value is -2.31. The minimum absolute atomic E-state index is 0.122. The number of ether oxygens (including phenoxy) is 4. The molecule has 132 valence electrons. The normalized spacial score (nSPS) is 10.7. The Bertz CT molecular complexity index is 753. The Balaban J connectivity index is 2.24. The number of carbonyl (C=O) groups is 1. The van der Waals surface area contributed by atoms with Gasteiger partial charge in [0.2, 0.25) is 0 Å². The van der Waals surface area contributed by atoms with Crippen molar-refractivity contribution >= 4 is 34.1 Å². The first-order valence-electron chi connectivity index (χ1n) is 7.45. The van der Waals surface area contributed by atoms with Gasteiger partial charge in [0.15, 0.2) is 18.3 Å². The number of rotatable bonds is 7. The van der Waals surface area contributed by atoms with Crippen LogP contribution in [-0.4, -0.2) is 34.1 Å². The molecule has 0 fully saturated rings. The van der Waals surface area contributed by atoms with Crippen LogP contribution in [0.25, 0.3) is 12.2 Å². The smallest absolute Gasteiger partial charge is 0.337 e. The van der Waals surface area contributed by atoms with Crippen LogP contribution in [0.5, 0.6) is 11.5 Å². The molecule has 0 atom stereocenters. The molecule has 0 heterocycles. The third kappa shape index (κ3) is 4.84. The van der Waals surface area contributed by atoms with Crippen LogP contribution >= 0.6 is 15.9 Å². The van der Waals surface area contributed by atoms with Gasteiger partial charge in [-0.15, -0.1) is 0 Å². The highest BCUT2D eigenvalue weighted by molar-refractivity contribution is 9.10. The van der Waals surface area contributed by atoms with E-state index in [1.165, 1.54) is 7.11 Å². The van der Waals surface area contributed by atoms with Crippen LogP contribution in [-0.2, 0) is 9.47 Å². The molecule has 0 amide bonds. The van der Waals surface area contributed by atoms with Crippen LogP contribution in [0.15, 0.2) is 40.9 Å². The van der Waals surface area contributed by atoms with Crippen molar-refractivity contribution in [1.29, 1.82) is 0 Å². The quantitative estimate of drug-likeness (QED) is 0.387. The summed E-state index contributed by atoms with van der Waals surface area (Å²) in [6.45, 7) is 0.122. The van der Waals surface area contributed by atoms with Crippen molar-refractivity contribution in [2.75, 3.05) is 28.1 Å². The third-order valence-corrected chi connectivity index (χ3v) is 4.24. The monoisotopic (exact) mass is 406 g/mol. The molecular formula is C19H19BrO5. The van der Waals surface area contributed by atoms with Crippen molar-refractivity contribution in [3.8, 4) is 11.5 Å². The number of esters is 1. The van der Waals surface area contributed by atoms with Crippen LogP contribution < -0.4 is 9.47 Å². The van der Waals surface area contributed by atoms with E-state index < -0.39 is 0 Å². The summed E-state index contributed by atoms with van der Waals surface area (Å²) in [5.41, 5.74) is 2.39. The van der Waals surface area contributed by atoms with E-state index in [9.17, 15) is 4.79 Å². The van der Waals surface area contributed by atoms with E-state index in [0.29, 0.717) is 17.1 Å². The summed E-state index contributed by atoms with van der Waals surface area (Å²) >= 11 is 3.54. The first kappa shape index (κ1) is 19.0. The van der Waals surface area contributed by atoms with Gasteiger partial charge in [0, 0.05) is 7.11 Å². The third-order valence-electron chi connectivity index (χ3n) is 3.42. The molecule has 0 unspecified atom stereocenters.